The lowest BCUT2D eigenvalue weighted by molar-refractivity contribution is -0.142. The van der Waals surface area contributed by atoms with Crippen molar-refractivity contribution in [1.29, 1.82) is 0 Å². The van der Waals surface area contributed by atoms with Crippen LogP contribution in [0, 0.1) is 0 Å². The van der Waals surface area contributed by atoms with E-state index in [4.69, 9.17) is 0 Å². The topological polar surface area (TPSA) is 68.3 Å². The summed E-state index contributed by atoms with van der Waals surface area (Å²) in [5.41, 5.74) is 0.0691. The van der Waals surface area contributed by atoms with Gasteiger partial charge in [0.05, 0.1) is 0 Å². The van der Waals surface area contributed by atoms with Crippen molar-refractivity contribution in [3.63, 3.8) is 0 Å². The molecular weight excluding hydrogens is 148 g/mol. The lowest BCUT2D eigenvalue weighted by Gasteiger charge is -2.02. The minimum Gasteiger partial charge on any atom is -0.298 e. The Kier molecular flexibility index (Phi) is 1.76. The fraction of sp³-hybridized carbons (Fsp3) is 0.143. The van der Waals surface area contributed by atoms with E-state index in [1.165, 1.54) is 0 Å². The summed E-state index contributed by atoms with van der Waals surface area (Å²) in [7, 11) is 0. The molecule has 0 saturated carbocycles. The smallest absolute Gasteiger partial charge is 0.268 e. The third kappa shape index (κ3) is 1.29. The molecule has 56 valence electrons. The number of hydrogen-bond donors (Lipinski definition) is 0. The summed E-state index contributed by atoms with van der Waals surface area (Å²) in [4.78, 5) is 41.8. The van der Waals surface area contributed by atoms with Gasteiger partial charge in [-0.25, -0.2) is 0 Å². The molecule has 4 heteroatoms. The normalized spacial score (nSPS) is 18.2. The molecule has 0 heterocycles. The number of Topliss-reactive ketones (excluding diaryl/α,β-unsaturated/α-hetero) is 2. The first kappa shape index (κ1) is 7.53. The van der Waals surface area contributed by atoms with Crippen molar-refractivity contribution >= 4 is 23.6 Å². The maximum atomic E-state index is 10.6. The van der Waals surface area contributed by atoms with Crippen LogP contribution in [0.1, 0.15) is 6.42 Å². The van der Waals surface area contributed by atoms with Gasteiger partial charge in [0.15, 0.2) is 0 Å². The second kappa shape index (κ2) is 2.57. The van der Waals surface area contributed by atoms with Crippen LogP contribution in [-0.2, 0) is 19.2 Å². The Hall–Kier alpha value is -1.58. The van der Waals surface area contributed by atoms with Crippen molar-refractivity contribution in [3.8, 4) is 0 Å². The predicted octanol–water partition coefficient (Wildman–Crippen LogP) is -0.777. The summed E-state index contributed by atoms with van der Waals surface area (Å²) in [5, 5.41) is 0. The third-order valence-electron chi connectivity index (χ3n) is 1.31. The average Bonchev–Trinajstić information content (AvgIpc) is 1.99. The van der Waals surface area contributed by atoms with Gasteiger partial charge in [-0.3, -0.25) is 19.2 Å². The Bertz CT molecular complexity index is 285. The van der Waals surface area contributed by atoms with Crippen LogP contribution in [0.15, 0.2) is 11.6 Å². The zero-order valence-electron chi connectivity index (χ0n) is 5.49. The number of rotatable bonds is 1. The second-order valence-electron chi connectivity index (χ2n) is 2.13. The molecular formula is C7H4O4. The van der Waals surface area contributed by atoms with E-state index in [1.807, 2.05) is 0 Å². The molecule has 0 N–H and O–H groups in total. The van der Waals surface area contributed by atoms with E-state index in [-0.39, 0.29) is 12.0 Å². The molecule has 1 rings (SSSR count). The van der Waals surface area contributed by atoms with Crippen LogP contribution in [0.25, 0.3) is 0 Å². The number of carbonyl (C=O) groups is 4. The molecule has 0 aromatic carbocycles. The molecule has 0 saturated heterocycles. The Balaban J connectivity index is 3.02. The van der Waals surface area contributed by atoms with E-state index >= 15 is 0 Å². The van der Waals surface area contributed by atoms with Crippen molar-refractivity contribution < 1.29 is 19.2 Å². The highest BCUT2D eigenvalue weighted by Crippen LogP contribution is 2.06. The van der Waals surface area contributed by atoms with Crippen LogP contribution in [0.3, 0.4) is 0 Å². The van der Waals surface area contributed by atoms with Gasteiger partial charge in [-0.2, -0.15) is 0 Å². The standard InChI is InChI=1S/C7H4O4/c8-3-4-1-5(9)7(11)6(10)2-4/h1,3H,2H2. The maximum absolute atomic E-state index is 10.6. The van der Waals surface area contributed by atoms with E-state index in [9.17, 15) is 19.2 Å². The fourth-order valence-electron chi connectivity index (χ4n) is 0.764. The minimum absolute atomic E-state index is 0.0691. The minimum atomic E-state index is -1.03. The Morgan fingerprint density at radius 2 is 1.91 bits per heavy atom. The summed E-state index contributed by atoms with van der Waals surface area (Å²) in [6.45, 7) is 0. The van der Waals surface area contributed by atoms with Crippen molar-refractivity contribution in [1.82, 2.24) is 0 Å². The summed E-state index contributed by atoms with van der Waals surface area (Å²) in [6.07, 6.45) is 1.06. The lowest BCUT2D eigenvalue weighted by Crippen LogP contribution is -2.27. The molecule has 0 aliphatic heterocycles. The number of allylic oxidation sites excluding steroid dienone is 2. The number of aldehydes is 1. The first-order valence-corrected chi connectivity index (χ1v) is 2.92. The molecule has 0 atom stereocenters. The number of hydrogen-bond acceptors (Lipinski definition) is 4. The maximum Gasteiger partial charge on any atom is 0.268 e. The second-order valence-corrected chi connectivity index (χ2v) is 2.13. The van der Waals surface area contributed by atoms with E-state index in [1.54, 1.807) is 0 Å². The van der Waals surface area contributed by atoms with Gasteiger partial charge in [0.2, 0.25) is 11.6 Å². The molecule has 0 fully saturated rings. The number of carbonyl (C=O) groups excluding carboxylic acids is 4. The van der Waals surface area contributed by atoms with Crippen LogP contribution < -0.4 is 0 Å². The van der Waals surface area contributed by atoms with E-state index in [2.05, 4.69) is 0 Å². The molecule has 0 spiro atoms. The molecule has 0 aromatic rings. The quantitative estimate of drug-likeness (QED) is 0.365. The highest BCUT2D eigenvalue weighted by Gasteiger charge is 2.26. The van der Waals surface area contributed by atoms with Crippen LogP contribution in [-0.4, -0.2) is 23.6 Å². The van der Waals surface area contributed by atoms with Gasteiger partial charge in [-0.15, -0.1) is 0 Å². The Morgan fingerprint density at radius 1 is 1.27 bits per heavy atom. The number of ketones is 3. The zero-order chi connectivity index (χ0) is 8.43. The first-order valence-electron chi connectivity index (χ1n) is 2.92. The molecule has 4 nitrogen and oxygen atoms in total. The van der Waals surface area contributed by atoms with Crippen molar-refractivity contribution in [3.05, 3.63) is 11.6 Å². The molecule has 1 aliphatic carbocycles. The van der Waals surface area contributed by atoms with E-state index in [0.29, 0.717) is 6.29 Å². The van der Waals surface area contributed by atoms with Crippen molar-refractivity contribution in [2.75, 3.05) is 0 Å². The monoisotopic (exact) mass is 152 g/mol. The van der Waals surface area contributed by atoms with Crippen molar-refractivity contribution in [2.45, 2.75) is 6.42 Å². The molecule has 0 radical (unpaired) electrons. The lowest BCUT2D eigenvalue weighted by atomic mass is 9.97. The van der Waals surface area contributed by atoms with Gasteiger partial charge in [0.25, 0.3) is 5.78 Å². The zero-order valence-corrected chi connectivity index (χ0v) is 5.49. The molecule has 11 heavy (non-hydrogen) atoms. The van der Waals surface area contributed by atoms with Crippen LogP contribution in [0.4, 0.5) is 0 Å². The summed E-state index contributed by atoms with van der Waals surface area (Å²) in [5.74, 6) is -2.74. The molecule has 0 amide bonds. The third-order valence-corrected chi connectivity index (χ3v) is 1.31. The van der Waals surface area contributed by atoms with Gasteiger partial charge >= 0.3 is 0 Å². The molecule has 0 aromatic heterocycles. The van der Waals surface area contributed by atoms with Crippen molar-refractivity contribution in [2.24, 2.45) is 0 Å². The molecule has 0 unspecified atom stereocenters. The predicted molar refractivity (Wildman–Crippen MR) is 33.8 cm³/mol. The largest absolute Gasteiger partial charge is 0.298 e. The van der Waals surface area contributed by atoms with Gasteiger partial charge in [0, 0.05) is 12.0 Å². The molecule has 0 bridgehead atoms. The average molecular weight is 152 g/mol. The van der Waals surface area contributed by atoms with Gasteiger partial charge in [-0.05, 0) is 6.08 Å². The van der Waals surface area contributed by atoms with E-state index in [0.717, 1.165) is 6.08 Å². The Labute approximate surface area is 61.9 Å². The summed E-state index contributed by atoms with van der Waals surface area (Å²) < 4.78 is 0. The summed E-state index contributed by atoms with van der Waals surface area (Å²) in [6, 6.07) is 0. The van der Waals surface area contributed by atoms with Gasteiger partial charge in [0.1, 0.15) is 6.29 Å². The van der Waals surface area contributed by atoms with Gasteiger partial charge < -0.3 is 0 Å². The SMILES string of the molecule is O=CC1=CC(=O)C(=O)C(=O)C1. The van der Waals surface area contributed by atoms with Crippen LogP contribution >= 0.6 is 0 Å². The molecule has 1 aliphatic rings. The van der Waals surface area contributed by atoms with Crippen LogP contribution in [0.5, 0.6) is 0 Å². The highest BCUT2D eigenvalue weighted by molar-refractivity contribution is 6.67. The first-order chi connectivity index (χ1) is 5.15. The Morgan fingerprint density at radius 3 is 2.36 bits per heavy atom. The fourth-order valence-corrected chi connectivity index (χ4v) is 0.764. The van der Waals surface area contributed by atoms with Crippen LogP contribution in [0.2, 0.25) is 0 Å². The summed E-state index contributed by atoms with van der Waals surface area (Å²) >= 11 is 0. The highest BCUT2D eigenvalue weighted by atomic mass is 16.2. The van der Waals surface area contributed by atoms with E-state index < -0.39 is 17.3 Å². The van der Waals surface area contributed by atoms with Gasteiger partial charge in [-0.1, -0.05) is 0 Å².